The van der Waals surface area contributed by atoms with E-state index in [0.29, 0.717) is 25.2 Å². The summed E-state index contributed by atoms with van der Waals surface area (Å²) in [6.45, 7) is 9.08. The van der Waals surface area contributed by atoms with E-state index in [0.717, 1.165) is 18.3 Å². The SMILES string of the molecule is CC(C)CN(CC(C)C)c1ncc(NS(=O)(=O)c2cc(F)ccc2F)cc1C(=O)O.O=C(O)C(F)(F)F. The molecule has 0 spiro atoms. The van der Waals surface area contributed by atoms with Crippen LogP contribution < -0.4 is 9.62 Å². The molecule has 0 atom stereocenters. The van der Waals surface area contributed by atoms with Crippen molar-refractivity contribution in [2.24, 2.45) is 11.8 Å². The Labute approximate surface area is 210 Å². The monoisotopic (exact) mass is 555 g/mol. The average Bonchev–Trinajstić information content (AvgIpc) is 2.73. The molecule has 1 heterocycles. The lowest BCUT2D eigenvalue weighted by Gasteiger charge is -2.28. The van der Waals surface area contributed by atoms with Crippen LogP contribution >= 0.6 is 0 Å². The van der Waals surface area contributed by atoms with Crippen LogP contribution in [0.3, 0.4) is 0 Å². The summed E-state index contributed by atoms with van der Waals surface area (Å²) in [5.41, 5.74) is -0.370. The second kappa shape index (κ2) is 12.7. The van der Waals surface area contributed by atoms with E-state index in [1.165, 1.54) is 0 Å². The molecule has 1 aromatic heterocycles. The summed E-state index contributed by atoms with van der Waals surface area (Å²) >= 11 is 0. The highest BCUT2D eigenvalue weighted by Crippen LogP contribution is 2.26. The lowest BCUT2D eigenvalue weighted by atomic mass is 10.1. The van der Waals surface area contributed by atoms with Gasteiger partial charge in [-0.05, 0) is 36.1 Å². The predicted molar refractivity (Wildman–Crippen MR) is 124 cm³/mol. The van der Waals surface area contributed by atoms with Gasteiger partial charge in [0.25, 0.3) is 10.0 Å². The first kappa shape index (κ1) is 31.5. The van der Waals surface area contributed by atoms with Crippen molar-refractivity contribution in [1.82, 2.24) is 4.98 Å². The van der Waals surface area contributed by atoms with Gasteiger partial charge in [-0.1, -0.05) is 27.7 Å². The topological polar surface area (TPSA) is 137 Å². The lowest BCUT2D eigenvalue weighted by molar-refractivity contribution is -0.192. The van der Waals surface area contributed by atoms with Gasteiger partial charge in [0.05, 0.1) is 11.9 Å². The van der Waals surface area contributed by atoms with Gasteiger partial charge in [-0.3, -0.25) is 4.72 Å². The molecule has 0 saturated carbocycles. The standard InChI is InChI=1S/C20H25F2N3O4S.C2HF3O2/c1-12(2)10-25(11-13(3)4)19-16(20(26)27)8-15(9-23-19)24-30(28,29)18-7-14(21)5-6-17(18)22;3-2(4,5)1(6)7/h5-9,12-13,24H,10-11H2,1-4H3,(H,26,27);(H,6,7). The molecule has 0 aliphatic carbocycles. The molecule has 2 aromatic rings. The normalized spacial score (nSPS) is 11.6. The minimum Gasteiger partial charge on any atom is -0.478 e. The number of carbonyl (C=O) groups is 2. The number of anilines is 2. The maximum Gasteiger partial charge on any atom is 0.490 e. The fraction of sp³-hybridized carbons (Fsp3) is 0.409. The summed E-state index contributed by atoms with van der Waals surface area (Å²) in [4.78, 5) is 25.9. The first-order valence-corrected chi connectivity index (χ1v) is 12.1. The third-order valence-corrected chi connectivity index (χ3v) is 5.64. The highest BCUT2D eigenvalue weighted by atomic mass is 32.2. The number of nitrogens with one attached hydrogen (secondary N) is 1. The Hall–Kier alpha value is -3.49. The van der Waals surface area contributed by atoms with Crippen molar-refractivity contribution in [2.45, 2.75) is 38.8 Å². The van der Waals surface area contributed by atoms with E-state index in [4.69, 9.17) is 9.90 Å². The van der Waals surface area contributed by atoms with Crippen LogP contribution in [-0.4, -0.2) is 54.8 Å². The molecule has 206 valence electrons. The van der Waals surface area contributed by atoms with Crippen molar-refractivity contribution in [3.05, 3.63) is 47.7 Å². The molecule has 9 nitrogen and oxygen atoms in total. The van der Waals surface area contributed by atoms with Gasteiger partial charge in [-0.25, -0.2) is 31.8 Å². The van der Waals surface area contributed by atoms with Crippen molar-refractivity contribution in [2.75, 3.05) is 22.7 Å². The smallest absolute Gasteiger partial charge is 0.478 e. The average molecular weight is 556 g/mol. The molecule has 0 saturated heterocycles. The summed E-state index contributed by atoms with van der Waals surface area (Å²) in [6, 6.07) is 3.16. The first-order chi connectivity index (χ1) is 16.8. The van der Waals surface area contributed by atoms with E-state index in [1.807, 2.05) is 32.6 Å². The highest BCUT2D eigenvalue weighted by Gasteiger charge is 2.38. The van der Waals surface area contributed by atoms with Crippen molar-refractivity contribution in [3.63, 3.8) is 0 Å². The Balaban J connectivity index is 0.000000856. The van der Waals surface area contributed by atoms with Gasteiger partial charge in [0, 0.05) is 13.1 Å². The second-order valence-corrected chi connectivity index (χ2v) is 10.2. The molecule has 37 heavy (non-hydrogen) atoms. The predicted octanol–water partition coefficient (Wildman–Crippen LogP) is 4.61. The number of aromatic carboxylic acids is 1. The zero-order chi connectivity index (χ0) is 28.7. The fourth-order valence-electron chi connectivity index (χ4n) is 2.95. The minimum atomic E-state index is -5.08. The lowest BCUT2D eigenvalue weighted by Crippen LogP contribution is -2.33. The number of rotatable bonds is 9. The summed E-state index contributed by atoms with van der Waals surface area (Å²) in [5, 5.41) is 16.8. The van der Waals surface area contributed by atoms with E-state index in [2.05, 4.69) is 9.71 Å². The number of benzene rings is 1. The Morgan fingerprint density at radius 3 is 1.97 bits per heavy atom. The van der Waals surface area contributed by atoms with Crippen LogP contribution in [0, 0.1) is 23.5 Å². The number of hydrogen-bond acceptors (Lipinski definition) is 6. The van der Waals surface area contributed by atoms with Gasteiger partial charge >= 0.3 is 18.1 Å². The fourth-order valence-corrected chi connectivity index (χ4v) is 4.07. The van der Waals surface area contributed by atoms with Crippen molar-refractivity contribution in [1.29, 1.82) is 0 Å². The summed E-state index contributed by atoms with van der Waals surface area (Å²) in [6.07, 6.45) is -3.93. The molecule has 3 N–H and O–H groups in total. The molecular formula is C22H26F5N3O6S. The Kier molecular flexibility index (Phi) is 10.8. The van der Waals surface area contributed by atoms with Crippen LogP contribution in [0.2, 0.25) is 0 Å². The molecule has 0 aliphatic rings. The molecule has 0 unspecified atom stereocenters. The highest BCUT2D eigenvalue weighted by molar-refractivity contribution is 7.92. The number of hydrogen-bond donors (Lipinski definition) is 3. The zero-order valence-corrected chi connectivity index (χ0v) is 21.0. The zero-order valence-electron chi connectivity index (χ0n) is 20.2. The third-order valence-electron chi connectivity index (χ3n) is 4.25. The molecule has 0 aliphatic heterocycles. The van der Waals surface area contributed by atoms with Gasteiger partial charge in [0.1, 0.15) is 27.9 Å². The maximum atomic E-state index is 13.9. The van der Waals surface area contributed by atoms with E-state index in [9.17, 15) is 40.3 Å². The molecule has 0 fully saturated rings. The first-order valence-electron chi connectivity index (χ1n) is 10.6. The minimum absolute atomic E-state index is 0.172. The molecule has 0 bridgehead atoms. The van der Waals surface area contributed by atoms with Crippen molar-refractivity contribution in [3.8, 4) is 0 Å². The summed E-state index contributed by atoms with van der Waals surface area (Å²) < 4.78 is 86.0. The van der Waals surface area contributed by atoms with Crippen LogP contribution in [0.4, 0.5) is 33.5 Å². The number of halogens is 5. The van der Waals surface area contributed by atoms with Gasteiger partial charge in [0.2, 0.25) is 0 Å². The Morgan fingerprint density at radius 2 is 1.54 bits per heavy atom. The quantitative estimate of drug-likeness (QED) is 0.382. The number of aliphatic carboxylic acids is 1. The number of sulfonamides is 1. The molecule has 0 amide bonds. The third kappa shape index (κ3) is 9.82. The van der Waals surface area contributed by atoms with Crippen molar-refractivity contribution < 1.29 is 50.2 Å². The number of carboxylic acid groups (broad SMARTS) is 2. The molecule has 0 radical (unpaired) electrons. The number of aromatic nitrogens is 1. The van der Waals surface area contributed by atoms with E-state index in [-0.39, 0.29) is 28.9 Å². The molecule has 1 aromatic carbocycles. The molecule has 15 heteroatoms. The van der Waals surface area contributed by atoms with Crippen LogP contribution in [0.5, 0.6) is 0 Å². The van der Waals surface area contributed by atoms with Crippen molar-refractivity contribution >= 4 is 33.5 Å². The van der Waals surface area contributed by atoms with Crippen LogP contribution in [0.15, 0.2) is 35.4 Å². The number of pyridine rings is 1. The number of alkyl halides is 3. The Bertz CT molecular complexity index is 1210. The van der Waals surface area contributed by atoms with Crippen LogP contribution in [-0.2, 0) is 14.8 Å². The largest absolute Gasteiger partial charge is 0.490 e. The molecule has 2 rings (SSSR count). The summed E-state index contributed by atoms with van der Waals surface area (Å²) in [7, 11) is -4.49. The maximum absolute atomic E-state index is 13.9. The number of carboxylic acids is 2. The molecular weight excluding hydrogens is 529 g/mol. The van der Waals surface area contributed by atoms with E-state index >= 15 is 0 Å². The van der Waals surface area contributed by atoms with Gasteiger partial charge in [-0.15, -0.1) is 0 Å². The van der Waals surface area contributed by atoms with Gasteiger partial charge in [0.15, 0.2) is 0 Å². The number of nitrogens with zero attached hydrogens (tertiary/aromatic N) is 2. The summed E-state index contributed by atoms with van der Waals surface area (Å²) in [5.74, 6) is -5.41. The van der Waals surface area contributed by atoms with E-state index in [1.54, 1.807) is 0 Å². The second-order valence-electron chi connectivity index (χ2n) is 8.58. The Morgan fingerprint density at radius 1 is 1.03 bits per heavy atom. The van der Waals surface area contributed by atoms with Gasteiger partial charge < -0.3 is 15.1 Å². The van der Waals surface area contributed by atoms with E-state index < -0.39 is 44.7 Å². The van der Waals surface area contributed by atoms with Crippen LogP contribution in [0.1, 0.15) is 38.1 Å². The van der Waals surface area contributed by atoms with Crippen LogP contribution in [0.25, 0.3) is 0 Å². The van der Waals surface area contributed by atoms with Gasteiger partial charge in [-0.2, -0.15) is 13.2 Å².